The van der Waals surface area contributed by atoms with Crippen molar-refractivity contribution < 1.29 is 27.2 Å². The van der Waals surface area contributed by atoms with E-state index in [4.69, 9.17) is 0 Å². The summed E-state index contributed by atoms with van der Waals surface area (Å²) in [4.78, 5) is 40.2. The lowest BCUT2D eigenvalue weighted by Crippen LogP contribution is -2.61. The molecule has 0 unspecified atom stereocenters. The Bertz CT molecular complexity index is 1150. The van der Waals surface area contributed by atoms with Crippen LogP contribution < -0.4 is 5.56 Å². The highest BCUT2D eigenvalue weighted by Gasteiger charge is 2.39. The van der Waals surface area contributed by atoms with E-state index in [1.165, 1.54) is 17.0 Å². The molecule has 0 radical (unpaired) electrons. The van der Waals surface area contributed by atoms with Gasteiger partial charge in [-0.1, -0.05) is 6.07 Å². The number of hydrogen-bond donors (Lipinski definition) is 1. The maximum atomic E-state index is 14.5. The lowest BCUT2D eigenvalue weighted by atomic mass is 9.93. The van der Waals surface area contributed by atoms with E-state index in [2.05, 4.69) is 5.10 Å². The van der Waals surface area contributed by atoms with Crippen LogP contribution in [0.15, 0.2) is 29.1 Å². The van der Waals surface area contributed by atoms with Crippen molar-refractivity contribution in [1.29, 1.82) is 0 Å². The van der Waals surface area contributed by atoms with Crippen LogP contribution in [0, 0.1) is 5.82 Å². The van der Waals surface area contributed by atoms with Gasteiger partial charge in [0, 0.05) is 25.0 Å². The third-order valence-corrected chi connectivity index (χ3v) is 6.17. The first-order chi connectivity index (χ1) is 15.5. The predicted molar refractivity (Wildman–Crippen MR) is 109 cm³/mol. The van der Waals surface area contributed by atoms with Crippen molar-refractivity contribution in [2.24, 2.45) is 0 Å². The molecule has 0 bridgehead atoms. The Morgan fingerprint density at radius 1 is 1.21 bits per heavy atom. The number of carbonyl (C=O) groups excluding carboxylic acids is 2. The normalized spacial score (nSPS) is 21.2. The number of benzene rings is 1. The molecule has 11 heteroatoms. The van der Waals surface area contributed by atoms with E-state index in [0.717, 1.165) is 25.3 Å². The van der Waals surface area contributed by atoms with Crippen LogP contribution in [0.2, 0.25) is 0 Å². The van der Waals surface area contributed by atoms with Crippen LogP contribution in [0.25, 0.3) is 0 Å². The summed E-state index contributed by atoms with van der Waals surface area (Å²) in [6.07, 6.45) is -2.40. The molecule has 1 N–H and O–H groups in total. The van der Waals surface area contributed by atoms with Crippen LogP contribution >= 0.6 is 0 Å². The molecule has 2 aliphatic rings. The molecular weight excluding hydrogens is 444 g/mol. The highest BCUT2D eigenvalue weighted by molar-refractivity contribution is 5.97. The third kappa shape index (κ3) is 4.62. The Balaban J connectivity index is 1.56. The Labute approximate surface area is 186 Å². The van der Waals surface area contributed by atoms with Gasteiger partial charge in [-0.3, -0.25) is 14.4 Å². The molecule has 176 valence electrons. The van der Waals surface area contributed by atoms with Crippen molar-refractivity contribution in [3.05, 3.63) is 62.8 Å². The largest absolute Gasteiger partial charge is 0.421 e. The molecule has 33 heavy (non-hydrogen) atoms. The summed E-state index contributed by atoms with van der Waals surface area (Å²) in [5, 5.41) is 5.43. The maximum Gasteiger partial charge on any atom is 0.421 e. The number of alkyl halides is 3. The van der Waals surface area contributed by atoms with Crippen molar-refractivity contribution in [2.75, 3.05) is 13.1 Å². The number of rotatable bonds is 3. The zero-order chi connectivity index (χ0) is 23.9. The summed E-state index contributed by atoms with van der Waals surface area (Å²) < 4.78 is 53.5. The van der Waals surface area contributed by atoms with Gasteiger partial charge in [0.2, 0.25) is 5.91 Å². The fourth-order valence-corrected chi connectivity index (χ4v) is 4.61. The second kappa shape index (κ2) is 8.60. The van der Waals surface area contributed by atoms with Crippen LogP contribution in [0.1, 0.15) is 53.4 Å². The van der Waals surface area contributed by atoms with Crippen LogP contribution in [0.5, 0.6) is 0 Å². The molecule has 7 nitrogen and oxygen atoms in total. The molecule has 2 aliphatic heterocycles. The topological polar surface area (TPSA) is 86.4 Å². The highest BCUT2D eigenvalue weighted by Crippen LogP contribution is 2.29. The van der Waals surface area contributed by atoms with Gasteiger partial charge in [0.15, 0.2) is 0 Å². The Kier molecular flexibility index (Phi) is 5.98. The SMILES string of the molecule is C[C@@H]1CCC[C@H]2CN(C(=O)c3cc(Cc4cc(C(F)(F)F)c(=O)[nH]n4)ccc3F)CC(=O)N21. The fraction of sp³-hybridized carbons (Fsp3) is 0.455. The number of aromatic amines is 1. The molecule has 2 aromatic rings. The first-order valence-corrected chi connectivity index (χ1v) is 10.6. The number of H-pyrrole nitrogens is 1. The third-order valence-electron chi connectivity index (χ3n) is 6.17. The average Bonchev–Trinajstić information content (AvgIpc) is 2.75. The van der Waals surface area contributed by atoms with E-state index < -0.39 is 29.0 Å². The number of carbonyl (C=O) groups is 2. The van der Waals surface area contributed by atoms with Crippen molar-refractivity contribution in [3.63, 3.8) is 0 Å². The molecule has 1 aromatic carbocycles. The van der Waals surface area contributed by atoms with Crippen LogP contribution in [-0.2, 0) is 17.4 Å². The maximum absolute atomic E-state index is 14.5. The number of piperidine rings is 1. The molecule has 0 aliphatic carbocycles. The second-order valence-electron chi connectivity index (χ2n) is 8.51. The molecule has 1 aromatic heterocycles. The van der Waals surface area contributed by atoms with Gasteiger partial charge in [0.05, 0.1) is 11.3 Å². The number of aromatic nitrogens is 2. The van der Waals surface area contributed by atoms with Crippen molar-refractivity contribution in [2.45, 2.75) is 50.9 Å². The summed E-state index contributed by atoms with van der Waals surface area (Å²) >= 11 is 0. The molecule has 3 heterocycles. The smallest absolute Gasteiger partial charge is 0.334 e. The van der Waals surface area contributed by atoms with Gasteiger partial charge in [0.25, 0.3) is 11.5 Å². The summed E-state index contributed by atoms with van der Waals surface area (Å²) in [6, 6.07) is 4.25. The molecular formula is C22H22F4N4O3. The van der Waals surface area contributed by atoms with Gasteiger partial charge in [0.1, 0.15) is 17.9 Å². The van der Waals surface area contributed by atoms with Crippen molar-refractivity contribution in [3.8, 4) is 0 Å². The van der Waals surface area contributed by atoms with E-state index >= 15 is 0 Å². The standard InChI is InChI=1S/C22H22F4N4O3/c1-12-3-2-4-15-10-29(11-19(31)30(12)15)21(33)16-8-13(5-6-18(16)23)7-14-9-17(22(24,25)26)20(32)28-27-14/h5-6,8-9,12,15H,2-4,7,10-11H2,1H3,(H,28,32)/t12-,15+/m1/s1. The van der Waals surface area contributed by atoms with E-state index in [1.807, 2.05) is 12.0 Å². The molecule has 2 saturated heterocycles. The quantitative estimate of drug-likeness (QED) is 0.705. The van der Waals surface area contributed by atoms with E-state index in [9.17, 15) is 31.9 Å². The zero-order valence-corrected chi connectivity index (χ0v) is 17.8. The van der Waals surface area contributed by atoms with Gasteiger partial charge in [-0.2, -0.15) is 18.3 Å². The van der Waals surface area contributed by atoms with Gasteiger partial charge in [-0.15, -0.1) is 0 Å². The van der Waals surface area contributed by atoms with E-state index in [1.54, 1.807) is 4.90 Å². The Morgan fingerprint density at radius 2 is 1.97 bits per heavy atom. The van der Waals surface area contributed by atoms with Gasteiger partial charge in [-0.25, -0.2) is 9.49 Å². The lowest BCUT2D eigenvalue weighted by Gasteiger charge is -2.47. The molecule has 2 fully saturated rings. The average molecular weight is 466 g/mol. The van der Waals surface area contributed by atoms with Crippen molar-refractivity contribution in [1.82, 2.24) is 20.0 Å². The summed E-state index contributed by atoms with van der Waals surface area (Å²) in [5.74, 6) is -1.62. The minimum Gasteiger partial charge on any atom is -0.334 e. The lowest BCUT2D eigenvalue weighted by molar-refractivity contribution is -0.143. The summed E-state index contributed by atoms with van der Waals surface area (Å²) in [5.41, 5.74) is -2.76. The number of halogens is 4. The van der Waals surface area contributed by atoms with Crippen LogP contribution in [-0.4, -0.2) is 57.0 Å². The summed E-state index contributed by atoms with van der Waals surface area (Å²) in [6.45, 7) is 2.12. The van der Waals surface area contributed by atoms with E-state index in [-0.39, 0.29) is 42.2 Å². The molecule has 2 amide bonds. The first-order valence-electron chi connectivity index (χ1n) is 10.6. The predicted octanol–water partition coefficient (Wildman–Crippen LogP) is 2.74. The summed E-state index contributed by atoms with van der Waals surface area (Å²) in [7, 11) is 0. The Morgan fingerprint density at radius 3 is 2.70 bits per heavy atom. The van der Waals surface area contributed by atoms with Crippen LogP contribution in [0.4, 0.5) is 17.6 Å². The number of nitrogens with zero attached hydrogens (tertiary/aromatic N) is 3. The number of hydrogen-bond acceptors (Lipinski definition) is 4. The van der Waals surface area contributed by atoms with Gasteiger partial charge in [-0.05, 0) is 49.9 Å². The number of piperazine rings is 1. The van der Waals surface area contributed by atoms with Gasteiger partial charge < -0.3 is 9.80 Å². The molecule has 4 rings (SSSR count). The number of nitrogens with one attached hydrogen (secondary N) is 1. The number of fused-ring (bicyclic) bond motifs is 1. The van der Waals surface area contributed by atoms with Crippen molar-refractivity contribution >= 4 is 11.8 Å². The second-order valence-corrected chi connectivity index (χ2v) is 8.51. The molecule has 0 saturated carbocycles. The highest BCUT2D eigenvalue weighted by atomic mass is 19.4. The minimum atomic E-state index is -4.85. The van der Waals surface area contributed by atoms with Crippen LogP contribution in [0.3, 0.4) is 0 Å². The Hall–Kier alpha value is -3.24. The van der Waals surface area contributed by atoms with Gasteiger partial charge >= 0.3 is 6.18 Å². The number of amides is 2. The fourth-order valence-electron chi connectivity index (χ4n) is 4.61. The molecule has 2 atom stereocenters. The minimum absolute atomic E-state index is 0.0908. The monoisotopic (exact) mass is 466 g/mol. The zero-order valence-electron chi connectivity index (χ0n) is 17.8. The van der Waals surface area contributed by atoms with E-state index in [0.29, 0.717) is 18.2 Å². The first kappa shape index (κ1) is 22.9. The molecule has 0 spiro atoms.